The topological polar surface area (TPSA) is 106 Å². The third-order valence-electron chi connectivity index (χ3n) is 5.91. The van der Waals surface area contributed by atoms with Gasteiger partial charge in [0.2, 0.25) is 12.7 Å². The molecular weight excluding hydrogens is 450 g/mol. The number of carbonyl (C=O) groups excluding carboxylic acids is 3. The van der Waals surface area contributed by atoms with Crippen molar-refractivity contribution >= 4 is 23.5 Å². The maximum Gasteiger partial charge on any atom is 0.325 e. The molecule has 1 fully saturated rings. The van der Waals surface area contributed by atoms with Crippen LogP contribution in [0.5, 0.6) is 17.2 Å². The Kier molecular flexibility index (Phi) is 5.74. The van der Waals surface area contributed by atoms with Crippen molar-refractivity contribution in [1.29, 1.82) is 0 Å². The first-order chi connectivity index (χ1) is 16.9. The number of urea groups is 1. The zero-order chi connectivity index (χ0) is 24.4. The molecule has 9 nitrogen and oxygen atoms in total. The molecule has 3 aromatic rings. The zero-order valence-corrected chi connectivity index (χ0v) is 18.9. The van der Waals surface area contributed by atoms with Crippen LogP contribution >= 0.6 is 0 Å². The minimum atomic E-state index is -1.32. The molecular formula is C26H23N3O6. The van der Waals surface area contributed by atoms with Gasteiger partial charge < -0.3 is 24.8 Å². The van der Waals surface area contributed by atoms with Gasteiger partial charge >= 0.3 is 6.03 Å². The maximum absolute atomic E-state index is 13.1. The molecule has 1 atom stereocenters. The van der Waals surface area contributed by atoms with E-state index in [1.807, 2.05) is 30.3 Å². The Hall–Kier alpha value is -4.53. The van der Waals surface area contributed by atoms with Crippen LogP contribution in [-0.4, -0.2) is 36.1 Å². The lowest BCUT2D eigenvalue weighted by Gasteiger charge is -2.22. The summed E-state index contributed by atoms with van der Waals surface area (Å²) < 4.78 is 16.4. The van der Waals surface area contributed by atoms with Crippen LogP contribution in [0.3, 0.4) is 0 Å². The van der Waals surface area contributed by atoms with E-state index in [0.29, 0.717) is 35.1 Å². The highest BCUT2D eigenvalue weighted by Crippen LogP contribution is 2.37. The fourth-order valence-electron chi connectivity index (χ4n) is 3.96. The van der Waals surface area contributed by atoms with Crippen molar-refractivity contribution in [3.05, 3.63) is 83.9 Å². The number of imide groups is 1. The number of fused-ring (bicyclic) bond motifs is 1. The van der Waals surface area contributed by atoms with Crippen molar-refractivity contribution in [3.8, 4) is 17.2 Å². The Morgan fingerprint density at radius 2 is 1.77 bits per heavy atom. The van der Waals surface area contributed by atoms with E-state index in [9.17, 15) is 14.4 Å². The monoisotopic (exact) mass is 473 g/mol. The van der Waals surface area contributed by atoms with Crippen LogP contribution in [0.2, 0.25) is 0 Å². The molecule has 0 aliphatic carbocycles. The van der Waals surface area contributed by atoms with Crippen LogP contribution in [0.1, 0.15) is 18.1 Å². The molecule has 2 aliphatic heterocycles. The van der Waals surface area contributed by atoms with Crippen molar-refractivity contribution in [3.63, 3.8) is 0 Å². The quantitative estimate of drug-likeness (QED) is 0.510. The van der Waals surface area contributed by atoms with E-state index in [4.69, 9.17) is 14.2 Å². The van der Waals surface area contributed by atoms with Gasteiger partial charge in [-0.2, -0.15) is 0 Å². The molecule has 0 spiro atoms. The van der Waals surface area contributed by atoms with Gasteiger partial charge in [0.25, 0.3) is 5.91 Å². The van der Waals surface area contributed by atoms with Crippen LogP contribution in [0.25, 0.3) is 0 Å². The molecule has 0 saturated carbocycles. The Labute approximate surface area is 201 Å². The van der Waals surface area contributed by atoms with Gasteiger partial charge in [0.15, 0.2) is 11.5 Å². The summed E-state index contributed by atoms with van der Waals surface area (Å²) in [6, 6.07) is 21.0. The van der Waals surface area contributed by atoms with Crippen molar-refractivity contribution in [2.24, 2.45) is 0 Å². The van der Waals surface area contributed by atoms with Crippen molar-refractivity contribution in [2.45, 2.75) is 19.1 Å². The van der Waals surface area contributed by atoms with E-state index in [0.717, 1.165) is 10.5 Å². The fraction of sp³-hybridized carbons (Fsp3) is 0.192. The third kappa shape index (κ3) is 4.48. The lowest BCUT2D eigenvalue weighted by molar-refractivity contribution is -0.133. The number of anilines is 1. The van der Waals surface area contributed by atoms with Crippen molar-refractivity contribution in [2.75, 3.05) is 18.7 Å². The van der Waals surface area contributed by atoms with Crippen molar-refractivity contribution < 1.29 is 28.6 Å². The molecule has 2 heterocycles. The Morgan fingerprint density at radius 3 is 2.54 bits per heavy atom. The average Bonchev–Trinajstić information content (AvgIpc) is 3.42. The molecule has 0 radical (unpaired) electrons. The molecule has 35 heavy (non-hydrogen) atoms. The standard InChI is InChI=1S/C26H23N3O6/c1-26(18-7-12-21-22(13-18)35-16-34-21)24(31)29(25(32)28-26)14-23(30)27-19-8-10-20(11-9-19)33-15-17-5-3-2-4-6-17/h2-13H,14-16H2,1H3,(H,27,30)(H,28,32)/t26-/m1/s1. The second-order valence-electron chi connectivity index (χ2n) is 8.36. The zero-order valence-electron chi connectivity index (χ0n) is 18.9. The molecule has 1 saturated heterocycles. The van der Waals surface area contributed by atoms with E-state index in [1.54, 1.807) is 49.4 Å². The summed E-state index contributed by atoms with van der Waals surface area (Å²) in [5.74, 6) is 0.697. The van der Waals surface area contributed by atoms with Gasteiger partial charge in [-0.1, -0.05) is 36.4 Å². The molecule has 3 aromatic carbocycles. The molecule has 9 heteroatoms. The summed E-state index contributed by atoms with van der Waals surface area (Å²) in [5, 5.41) is 5.39. The highest BCUT2D eigenvalue weighted by Gasteiger charge is 2.49. The number of nitrogens with one attached hydrogen (secondary N) is 2. The molecule has 5 rings (SSSR count). The summed E-state index contributed by atoms with van der Waals surface area (Å²) in [6.07, 6.45) is 0. The average molecular weight is 473 g/mol. The number of amides is 4. The third-order valence-corrected chi connectivity index (χ3v) is 5.91. The lowest BCUT2D eigenvalue weighted by Crippen LogP contribution is -2.42. The first-order valence-corrected chi connectivity index (χ1v) is 11.0. The number of rotatable bonds is 7. The van der Waals surface area contributed by atoms with E-state index in [-0.39, 0.29) is 6.79 Å². The van der Waals surface area contributed by atoms with Gasteiger partial charge in [-0.05, 0) is 54.4 Å². The van der Waals surface area contributed by atoms with E-state index in [1.165, 1.54) is 0 Å². The van der Waals surface area contributed by atoms with Crippen LogP contribution in [0.4, 0.5) is 10.5 Å². The minimum Gasteiger partial charge on any atom is -0.489 e. The number of hydrogen-bond donors (Lipinski definition) is 2. The minimum absolute atomic E-state index is 0.0994. The van der Waals surface area contributed by atoms with Gasteiger partial charge in [-0.15, -0.1) is 0 Å². The highest BCUT2D eigenvalue weighted by molar-refractivity contribution is 6.10. The predicted molar refractivity (Wildman–Crippen MR) is 126 cm³/mol. The second kappa shape index (κ2) is 9.02. The van der Waals surface area contributed by atoms with Crippen LogP contribution in [-0.2, 0) is 21.7 Å². The number of ether oxygens (including phenoxy) is 3. The SMILES string of the molecule is C[C@]1(c2ccc3c(c2)OCO3)NC(=O)N(CC(=O)Nc2ccc(OCc3ccccc3)cc2)C1=O. The van der Waals surface area contributed by atoms with E-state index < -0.39 is 29.9 Å². The van der Waals surface area contributed by atoms with E-state index in [2.05, 4.69) is 10.6 Å². The number of carbonyl (C=O) groups is 3. The highest BCUT2D eigenvalue weighted by atomic mass is 16.7. The van der Waals surface area contributed by atoms with E-state index >= 15 is 0 Å². The molecule has 2 aliphatic rings. The smallest absolute Gasteiger partial charge is 0.325 e. The van der Waals surface area contributed by atoms with Crippen molar-refractivity contribution in [1.82, 2.24) is 10.2 Å². The summed E-state index contributed by atoms with van der Waals surface area (Å²) >= 11 is 0. The molecule has 4 amide bonds. The summed E-state index contributed by atoms with van der Waals surface area (Å²) in [4.78, 5) is 39.2. The van der Waals surface area contributed by atoms with Gasteiger partial charge in [0, 0.05) is 5.69 Å². The first-order valence-electron chi connectivity index (χ1n) is 11.0. The molecule has 2 N–H and O–H groups in total. The van der Waals surface area contributed by atoms with Gasteiger partial charge in [-0.3, -0.25) is 14.5 Å². The molecule has 0 bridgehead atoms. The molecule has 0 unspecified atom stereocenters. The lowest BCUT2D eigenvalue weighted by atomic mass is 9.91. The Balaban J connectivity index is 1.20. The van der Waals surface area contributed by atoms with Crippen LogP contribution in [0, 0.1) is 0 Å². The van der Waals surface area contributed by atoms with Crippen LogP contribution < -0.4 is 24.8 Å². The second-order valence-corrected chi connectivity index (χ2v) is 8.36. The number of benzene rings is 3. The van der Waals surface area contributed by atoms with Gasteiger partial charge in [-0.25, -0.2) is 4.79 Å². The number of hydrogen-bond acceptors (Lipinski definition) is 6. The number of nitrogens with zero attached hydrogens (tertiary/aromatic N) is 1. The van der Waals surface area contributed by atoms with Gasteiger partial charge in [0.1, 0.15) is 24.4 Å². The fourth-order valence-corrected chi connectivity index (χ4v) is 3.96. The first kappa shape index (κ1) is 22.3. The summed E-state index contributed by atoms with van der Waals surface area (Å²) in [6.45, 7) is 1.71. The predicted octanol–water partition coefficient (Wildman–Crippen LogP) is 3.40. The molecule has 178 valence electrons. The largest absolute Gasteiger partial charge is 0.489 e. The summed E-state index contributed by atoms with van der Waals surface area (Å²) in [5.41, 5.74) is 0.781. The Bertz CT molecular complexity index is 1280. The Morgan fingerprint density at radius 1 is 1.03 bits per heavy atom. The van der Waals surface area contributed by atoms with Gasteiger partial charge in [0.05, 0.1) is 0 Å². The summed E-state index contributed by atoms with van der Waals surface area (Å²) in [7, 11) is 0. The normalized spacial score (nSPS) is 18.4. The maximum atomic E-state index is 13.1. The van der Waals surface area contributed by atoms with Crippen LogP contribution in [0.15, 0.2) is 72.8 Å². The molecule has 0 aromatic heterocycles.